The molecule has 0 aliphatic carbocycles. The lowest BCUT2D eigenvalue weighted by Crippen LogP contribution is -2.34. The van der Waals surface area contributed by atoms with Gasteiger partial charge in [-0.3, -0.25) is 4.79 Å². The highest BCUT2D eigenvalue weighted by atomic mass is 35.5. The van der Waals surface area contributed by atoms with E-state index in [9.17, 15) is 4.79 Å². The van der Waals surface area contributed by atoms with Gasteiger partial charge in [-0.1, -0.05) is 13.0 Å². The van der Waals surface area contributed by atoms with Crippen LogP contribution in [-0.4, -0.2) is 40.4 Å². The molecule has 1 unspecified atom stereocenters. The van der Waals surface area contributed by atoms with Crippen LogP contribution in [-0.2, 0) is 0 Å². The second-order valence-corrected chi connectivity index (χ2v) is 6.73. The number of hydrogen-bond donors (Lipinski definition) is 2. The van der Waals surface area contributed by atoms with Crippen LogP contribution in [0.25, 0.3) is 0 Å². The van der Waals surface area contributed by atoms with Crippen LogP contribution in [0, 0.1) is 5.41 Å². The first-order chi connectivity index (χ1) is 10.6. The molecule has 0 radical (unpaired) electrons. The molecule has 2 aromatic rings. The zero-order valence-electron chi connectivity index (χ0n) is 13.3. The Balaban J connectivity index is 0.00000144. The van der Waals surface area contributed by atoms with Gasteiger partial charge in [0.1, 0.15) is 11.5 Å². The van der Waals surface area contributed by atoms with Gasteiger partial charge >= 0.3 is 0 Å². The molecule has 6 nitrogen and oxygen atoms in total. The van der Waals surface area contributed by atoms with Crippen molar-refractivity contribution in [2.45, 2.75) is 13.3 Å². The number of pyridine rings is 1. The third kappa shape index (κ3) is 4.57. The van der Waals surface area contributed by atoms with Gasteiger partial charge in [0.15, 0.2) is 5.13 Å². The number of hydrogen-bond acceptors (Lipinski definition) is 6. The lowest BCUT2D eigenvalue weighted by molar-refractivity contribution is 0.0772. The maximum absolute atomic E-state index is 12.5. The highest BCUT2D eigenvalue weighted by Crippen LogP contribution is 2.30. The molecule has 0 saturated carbocycles. The molecule has 2 aromatic heterocycles. The summed E-state index contributed by atoms with van der Waals surface area (Å²) in [6, 6.07) is 5.60. The molecule has 0 aromatic carbocycles. The normalized spacial score (nSPS) is 19.3. The van der Waals surface area contributed by atoms with Crippen molar-refractivity contribution in [2.75, 3.05) is 25.0 Å². The highest BCUT2D eigenvalue weighted by molar-refractivity contribution is 7.14. The van der Waals surface area contributed by atoms with Crippen LogP contribution in [0.5, 0.6) is 0 Å². The van der Waals surface area contributed by atoms with E-state index in [1.54, 1.807) is 11.6 Å². The van der Waals surface area contributed by atoms with Crippen molar-refractivity contribution in [1.82, 2.24) is 14.9 Å². The highest BCUT2D eigenvalue weighted by Gasteiger charge is 2.35. The van der Waals surface area contributed by atoms with Crippen molar-refractivity contribution in [2.24, 2.45) is 11.1 Å². The molecule has 132 valence electrons. The molecule has 1 amide bonds. The van der Waals surface area contributed by atoms with Crippen molar-refractivity contribution < 1.29 is 4.79 Å². The molecule has 9 heteroatoms. The lowest BCUT2D eigenvalue weighted by Gasteiger charge is -2.22. The lowest BCUT2D eigenvalue weighted by atomic mass is 9.90. The van der Waals surface area contributed by atoms with E-state index in [4.69, 9.17) is 5.73 Å². The van der Waals surface area contributed by atoms with Crippen LogP contribution < -0.4 is 11.1 Å². The summed E-state index contributed by atoms with van der Waals surface area (Å²) < 4.78 is 0. The molecule has 0 spiro atoms. The van der Waals surface area contributed by atoms with Crippen molar-refractivity contribution in [3.8, 4) is 0 Å². The van der Waals surface area contributed by atoms with E-state index < -0.39 is 0 Å². The smallest absolute Gasteiger partial charge is 0.273 e. The van der Waals surface area contributed by atoms with E-state index in [1.807, 2.05) is 23.1 Å². The summed E-state index contributed by atoms with van der Waals surface area (Å²) in [7, 11) is 0. The molecule has 1 atom stereocenters. The monoisotopic (exact) mass is 389 g/mol. The maximum Gasteiger partial charge on any atom is 0.273 e. The Morgan fingerprint density at radius 2 is 2.25 bits per heavy atom. The van der Waals surface area contributed by atoms with E-state index in [2.05, 4.69) is 22.2 Å². The van der Waals surface area contributed by atoms with Crippen LogP contribution in [0.1, 0.15) is 23.8 Å². The summed E-state index contributed by atoms with van der Waals surface area (Å²) >= 11 is 1.40. The first-order valence-corrected chi connectivity index (χ1v) is 8.10. The van der Waals surface area contributed by atoms with E-state index in [-0.39, 0.29) is 36.1 Å². The first kappa shape index (κ1) is 20.6. The third-order valence-corrected chi connectivity index (χ3v) is 4.72. The number of carbonyl (C=O) groups excluding carboxylic acids is 1. The van der Waals surface area contributed by atoms with Crippen molar-refractivity contribution >= 4 is 53.0 Å². The van der Waals surface area contributed by atoms with Gasteiger partial charge in [0.2, 0.25) is 0 Å². The molecule has 0 bridgehead atoms. The number of halogens is 2. The Kier molecular flexibility index (Phi) is 7.41. The van der Waals surface area contributed by atoms with Crippen LogP contribution in [0.4, 0.5) is 10.9 Å². The van der Waals surface area contributed by atoms with Gasteiger partial charge in [0.25, 0.3) is 5.91 Å². The predicted octanol–water partition coefficient (Wildman–Crippen LogP) is 2.94. The zero-order chi connectivity index (χ0) is 15.6. The predicted molar refractivity (Wildman–Crippen MR) is 102 cm³/mol. The topological polar surface area (TPSA) is 84.1 Å². The van der Waals surface area contributed by atoms with Crippen LogP contribution in [0.2, 0.25) is 0 Å². The van der Waals surface area contributed by atoms with E-state index in [1.165, 1.54) is 11.3 Å². The van der Waals surface area contributed by atoms with Gasteiger partial charge in [-0.25, -0.2) is 9.97 Å². The molecule has 24 heavy (non-hydrogen) atoms. The fourth-order valence-electron chi connectivity index (χ4n) is 2.50. The Morgan fingerprint density at radius 1 is 1.46 bits per heavy atom. The molecule has 3 N–H and O–H groups in total. The fraction of sp³-hybridized carbons (Fsp3) is 0.400. The van der Waals surface area contributed by atoms with Gasteiger partial charge < -0.3 is 16.0 Å². The number of likely N-dealkylation sites (tertiary alicyclic amines) is 1. The summed E-state index contributed by atoms with van der Waals surface area (Å²) in [5.74, 6) is 0.690. The number of amides is 1. The van der Waals surface area contributed by atoms with Gasteiger partial charge in [-0.2, -0.15) is 0 Å². The second kappa shape index (κ2) is 8.62. The molecule has 1 aliphatic heterocycles. The Hall–Kier alpha value is -1.41. The van der Waals surface area contributed by atoms with Gasteiger partial charge in [0.05, 0.1) is 0 Å². The third-order valence-electron chi connectivity index (χ3n) is 3.96. The number of nitrogens with one attached hydrogen (secondary N) is 1. The van der Waals surface area contributed by atoms with Gasteiger partial charge in [-0.15, -0.1) is 36.2 Å². The largest absolute Gasteiger partial charge is 0.337 e. The molecule has 3 heterocycles. The average Bonchev–Trinajstić information content (AvgIpc) is 3.15. The minimum absolute atomic E-state index is 0. The number of thiazole rings is 1. The Morgan fingerprint density at radius 3 is 2.88 bits per heavy atom. The number of nitrogens with two attached hydrogens (primary N) is 1. The first-order valence-electron chi connectivity index (χ1n) is 7.23. The van der Waals surface area contributed by atoms with Crippen molar-refractivity contribution in [3.05, 3.63) is 35.5 Å². The number of anilines is 2. The molecule has 1 fully saturated rings. The minimum atomic E-state index is -0.0255. The molecular formula is C15H21Cl2N5OS. The van der Waals surface area contributed by atoms with Crippen LogP contribution >= 0.6 is 36.2 Å². The standard InChI is InChI=1S/C15H19N5OS.2ClH/c1-15(9-16)5-7-20(10-15)13(21)11-8-22-14(18-11)19-12-4-2-3-6-17-12;;/h2-4,6,8H,5,7,9-10,16H2,1H3,(H,17,18,19);2*1H. The number of rotatable bonds is 4. The molecule has 1 aliphatic rings. The minimum Gasteiger partial charge on any atom is -0.337 e. The summed E-state index contributed by atoms with van der Waals surface area (Å²) in [6.07, 6.45) is 2.65. The van der Waals surface area contributed by atoms with E-state index in [0.717, 1.165) is 13.0 Å². The van der Waals surface area contributed by atoms with Crippen LogP contribution in [0.15, 0.2) is 29.8 Å². The van der Waals surface area contributed by atoms with Crippen molar-refractivity contribution in [1.29, 1.82) is 0 Å². The van der Waals surface area contributed by atoms with E-state index in [0.29, 0.717) is 29.7 Å². The second-order valence-electron chi connectivity index (χ2n) is 5.87. The summed E-state index contributed by atoms with van der Waals surface area (Å²) in [4.78, 5) is 22.9. The van der Waals surface area contributed by atoms with Gasteiger partial charge in [0, 0.05) is 24.7 Å². The number of aromatic nitrogens is 2. The summed E-state index contributed by atoms with van der Waals surface area (Å²) in [5.41, 5.74) is 6.30. The summed E-state index contributed by atoms with van der Waals surface area (Å²) in [5, 5.41) is 5.56. The number of nitrogens with zero attached hydrogens (tertiary/aromatic N) is 3. The summed E-state index contributed by atoms with van der Waals surface area (Å²) in [6.45, 7) is 4.16. The Bertz CT molecular complexity index is 669. The quantitative estimate of drug-likeness (QED) is 0.839. The van der Waals surface area contributed by atoms with Gasteiger partial charge in [-0.05, 0) is 30.5 Å². The average molecular weight is 390 g/mol. The number of carbonyl (C=O) groups is 1. The maximum atomic E-state index is 12.5. The Labute approximate surface area is 157 Å². The van der Waals surface area contributed by atoms with Crippen LogP contribution in [0.3, 0.4) is 0 Å². The zero-order valence-corrected chi connectivity index (χ0v) is 15.7. The SMILES string of the molecule is CC1(CN)CCN(C(=O)c2csc(Nc3ccccn3)n2)C1.Cl.Cl. The fourth-order valence-corrected chi connectivity index (χ4v) is 3.19. The molecule has 3 rings (SSSR count). The van der Waals surface area contributed by atoms with Crippen molar-refractivity contribution in [3.63, 3.8) is 0 Å². The van der Waals surface area contributed by atoms with E-state index >= 15 is 0 Å². The molecular weight excluding hydrogens is 369 g/mol. The molecule has 1 saturated heterocycles.